The van der Waals surface area contributed by atoms with E-state index in [1.165, 1.54) is 70.6 Å². The Labute approximate surface area is 196 Å². The second kappa shape index (κ2) is 18.9. The summed E-state index contributed by atoms with van der Waals surface area (Å²) in [6.45, 7) is 7.66. The molecule has 1 aliphatic rings. The number of hydrogen-bond donors (Lipinski definition) is 3. The van der Waals surface area contributed by atoms with Crippen LogP contribution in [0.2, 0.25) is 0 Å². The molecule has 0 aromatic heterocycles. The first kappa shape index (κ1) is 28.5. The van der Waals surface area contributed by atoms with Crippen molar-refractivity contribution in [3.05, 3.63) is 0 Å². The lowest BCUT2D eigenvalue weighted by molar-refractivity contribution is -0.517. The highest BCUT2D eigenvalue weighted by atomic mass is 16.4. The number of aliphatic carboxylic acids is 1. The van der Waals surface area contributed by atoms with Crippen LogP contribution in [0.4, 0.5) is 0 Å². The first-order valence-corrected chi connectivity index (χ1v) is 13.0. The van der Waals surface area contributed by atoms with Gasteiger partial charge in [0, 0.05) is 38.5 Å². The monoisotopic (exact) mass is 450 g/mol. The third kappa shape index (κ3) is 15.3. The first-order valence-electron chi connectivity index (χ1n) is 13.0. The van der Waals surface area contributed by atoms with Crippen LogP contribution >= 0.6 is 0 Å². The second-order valence-electron chi connectivity index (χ2n) is 9.16. The number of rotatable bonds is 20. The van der Waals surface area contributed by atoms with Crippen LogP contribution in [0.3, 0.4) is 0 Å². The molecule has 0 saturated heterocycles. The summed E-state index contributed by atoms with van der Waals surface area (Å²) in [4.78, 5) is 13.0. The van der Waals surface area contributed by atoms with Crippen LogP contribution in [0, 0.1) is 12.0 Å². The highest BCUT2D eigenvalue weighted by Gasteiger charge is 2.17. The van der Waals surface area contributed by atoms with Gasteiger partial charge in [-0.2, -0.15) is 0 Å². The van der Waals surface area contributed by atoms with E-state index in [1.54, 1.807) is 4.58 Å². The van der Waals surface area contributed by atoms with E-state index in [9.17, 15) is 9.90 Å². The number of nitrogens with one attached hydrogen (secondary N) is 1. The van der Waals surface area contributed by atoms with Gasteiger partial charge < -0.3 is 20.4 Å². The topological polar surface area (TPSA) is 75.8 Å². The van der Waals surface area contributed by atoms with E-state index in [-0.39, 0.29) is 12.6 Å². The number of nitrogens with zero attached hydrogens (tertiary/aromatic N) is 2. The standard InChI is InChI=1S/C26H47N3O3/c1-3-4-5-6-7-8-9-10-11-12-13-14-15-25(30)22-27-17-19-28-18-16-24(2)29(21-20-28)23-26(31)32/h25,27,30H,3-15,17,19-23H2,1-2H3/p+1. The lowest BCUT2D eigenvalue weighted by atomic mass is 10.0. The Kier molecular flexibility index (Phi) is 16.8. The minimum absolute atomic E-state index is 0.00206. The van der Waals surface area contributed by atoms with E-state index in [2.05, 4.69) is 24.2 Å². The van der Waals surface area contributed by atoms with Crippen LogP contribution in [0.5, 0.6) is 0 Å². The lowest BCUT2D eigenvalue weighted by Gasteiger charge is -2.17. The minimum Gasteiger partial charge on any atom is -0.477 e. The van der Waals surface area contributed by atoms with E-state index in [1.807, 2.05) is 11.8 Å². The van der Waals surface area contributed by atoms with Gasteiger partial charge in [-0.3, -0.25) is 0 Å². The Hall–Kier alpha value is -1.58. The third-order valence-electron chi connectivity index (χ3n) is 6.16. The van der Waals surface area contributed by atoms with E-state index < -0.39 is 5.97 Å². The summed E-state index contributed by atoms with van der Waals surface area (Å²) in [7, 11) is 0. The molecule has 1 atom stereocenters. The van der Waals surface area contributed by atoms with Gasteiger partial charge in [-0.1, -0.05) is 84.0 Å². The molecule has 0 saturated carbocycles. The fraction of sp³-hybridized carbons (Fsp3) is 0.846. The highest BCUT2D eigenvalue weighted by Crippen LogP contribution is 2.12. The molecule has 1 rings (SSSR count). The number of carboxylic acid groups (broad SMARTS) is 1. The van der Waals surface area contributed by atoms with E-state index in [0.29, 0.717) is 13.1 Å². The van der Waals surface area contributed by atoms with Gasteiger partial charge in [0.05, 0.1) is 12.6 Å². The molecule has 184 valence electrons. The summed E-state index contributed by atoms with van der Waals surface area (Å²) in [5, 5.41) is 22.5. The van der Waals surface area contributed by atoms with Crippen molar-refractivity contribution in [1.82, 2.24) is 10.2 Å². The van der Waals surface area contributed by atoms with E-state index in [0.717, 1.165) is 38.2 Å². The van der Waals surface area contributed by atoms with Gasteiger partial charge in [0.1, 0.15) is 0 Å². The van der Waals surface area contributed by atoms with Gasteiger partial charge in [-0.15, -0.1) is 0 Å². The molecule has 3 N–H and O–H groups in total. The summed E-state index contributed by atoms with van der Waals surface area (Å²) < 4.78 is 1.81. The van der Waals surface area contributed by atoms with Gasteiger partial charge in [0.2, 0.25) is 12.3 Å². The average Bonchev–Trinajstić information content (AvgIpc) is 2.93. The van der Waals surface area contributed by atoms with Crippen LogP contribution in [-0.2, 0) is 4.79 Å². The Balaban J connectivity index is 1.95. The van der Waals surface area contributed by atoms with Crippen molar-refractivity contribution in [3.8, 4) is 12.0 Å². The van der Waals surface area contributed by atoms with Gasteiger partial charge in [-0.25, -0.2) is 9.37 Å². The van der Waals surface area contributed by atoms with Crippen molar-refractivity contribution in [2.45, 2.75) is 103 Å². The summed E-state index contributed by atoms with van der Waals surface area (Å²) in [6, 6.07) is 3.11. The number of aliphatic hydroxyl groups excluding tert-OH is 1. The molecule has 0 spiro atoms. The Morgan fingerprint density at radius 1 is 1.06 bits per heavy atom. The van der Waals surface area contributed by atoms with Crippen molar-refractivity contribution >= 4 is 11.7 Å². The van der Waals surface area contributed by atoms with E-state index in [4.69, 9.17) is 5.11 Å². The molecule has 0 aliphatic carbocycles. The van der Waals surface area contributed by atoms with Crippen LogP contribution < -0.4 is 5.32 Å². The van der Waals surface area contributed by atoms with Gasteiger partial charge in [0.15, 0.2) is 6.54 Å². The van der Waals surface area contributed by atoms with Gasteiger partial charge >= 0.3 is 5.97 Å². The number of carboxylic acids is 1. The normalized spacial score (nSPS) is 14.8. The number of unbranched alkanes of at least 4 members (excludes halogenated alkanes) is 11. The van der Waals surface area contributed by atoms with Crippen molar-refractivity contribution in [2.24, 2.45) is 0 Å². The molecule has 0 aromatic rings. The molecule has 1 heterocycles. The quantitative estimate of drug-likeness (QED) is 0.149. The number of carbonyl (C=O) groups is 1. The Morgan fingerprint density at radius 2 is 1.66 bits per heavy atom. The van der Waals surface area contributed by atoms with E-state index >= 15 is 0 Å². The van der Waals surface area contributed by atoms with Crippen molar-refractivity contribution in [3.63, 3.8) is 0 Å². The fourth-order valence-electron chi connectivity index (χ4n) is 4.04. The predicted molar refractivity (Wildman–Crippen MR) is 132 cm³/mol. The van der Waals surface area contributed by atoms with Crippen molar-refractivity contribution in [1.29, 1.82) is 0 Å². The molecule has 0 aromatic carbocycles. The van der Waals surface area contributed by atoms with Crippen LogP contribution in [0.15, 0.2) is 0 Å². The molecular weight excluding hydrogens is 402 g/mol. The molecule has 0 bridgehead atoms. The molecule has 0 amide bonds. The summed E-state index contributed by atoms with van der Waals surface area (Å²) in [5.74, 6) is 2.21. The van der Waals surface area contributed by atoms with Crippen LogP contribution in [0.25, 0.3) is 0 Å². The van der Waals surface area contributed by atoms with Crippen molar-refractivity contribution in [2.75, 3.05) is 39.3 Å². The second-order valence-corrected chi connectivity index (χ2v) is 9.16. The maximum absolute atomic E-state index is 10.9. The molecular formula is C26H48N3O3+. The van der Waals surface area contributed by atoms with Crippen LogP contribution in [0.1, 0.15) is 97.3 Å². The zero-order valence-corrected chi connectivity index (χ0v) is 20.7. The zero-order chi connectivity index (χ0) is 23.4. The molecule has 6 heteroatoms. The number of hydrogen-bond acceptors (Lipinski definition) is 4. The average molecular weight is 451 g/mol. The molecule has 6 nitrogen and oxygen atoms in total. The summed E-state index contributed by atoms with van der Waals surface area (Å²) in [6.07, 6.45) is 16.6. The maximum Gasteiger partial charge on any atom is 0.369 e. The van der Waals surface area contributed by atoms with Gasteiger partial charge in [0.25, 0.3) is 0 Å². The molecule has 0 fully saturated rings. The largest absolute Gasteiger partial charge is 0.477 e. The smallest absolute Gasteiger partial charge is 0.369 e. The Morgan fingerprint density at radius 3 is 2.25 bits per heavy atom. The molecule has 32 heavy (non-hydrogen) atoms. The maximum atomic E-state index is 10.9. The molecule has 1 unspecified atom stereocenters. The summed E-state index contributed by atoms with van der Waals surface area (Å²) >= 11 is 0. The Bertz CT molecular complexity index is 595. The molecule has 1 aliphatic heterocycles. The zero-order valence-electron chi connectivity index (χ0n) is 20.7. The minimum atomic E-state index is -0.830. The number of aliphatic hydroxyl groups is 1. The van der Waals surface area contributed by atoms with Crippen molar-refractivity contribution < 1.29 is 19.6 Å². The van der Waals surface area contributed by atoms with Crippen LogP contribution in [-0.4, -0.2) is 76.7 Å². The van der Waals surface area contributed by atoms with Gasteiger partial charge in [-0.05, 0) is 6.42 Å². The lowest BCUT2D eigenvalue weighted by Crippen LogP contribution is -2.36. The third-order valence-corrected chi connectivity index (χ3v) is 6.16. The first-order chi connectivity index (χ1) is 15.5. The fourth-order valence-corrected chi connectivity index (χ4v) is 4.04. The predicted octanol–water partition coefficient (Wildman–Crippen LogP) is 3.86. The SMILES string of the molecule is CCCCCCCCCCCCCCC(O)CNCCN1C#CC(C)=[N+](CC(=O)O)CC1. The summed E-state index contributed by atoms with van der Waals surface area (Å²) in [5.41, 5.74) is 0.806. The molecule has 0 radical (unpaired) electrons. The highest BCUT2D eigenvalue weighted by molar-refractivity contribution is 5.94.